The summed E-state index contributed by atoms with van der Waals surface area (Å²) in [7, 11) is 1.37. The van der Waals surface area contributed by atoms with E-state index in [1.165, 1.54) is 25.3 Å². The van der Waals surface area contributed by atoms with Crippen LogP contribution < -0.4 is 15.8 Å². The number of hydrogen-bond donors (Lipinski definition) is 2. The van der Waals surface area contributed by atoms with E-state index in [-0.39, 0.29) is 30.0 Å². The summed E-state index contributed by atoms with van der Waals surface area (Å²) in [6.45, 7) is 3.91. The third-order valence-electron chi connectivity index (χ3n) is 2.71. The van der Waals surface area contributed by atoms with Gasteiger partial charge in [-0.3, -0.25) is 4.79 Å². The molecule has 1 amide bonds. The van der Waals surface area contributed by atoms with Crippen molar-refractivity contribution in [1.82, 2.24) is 0 Å². The highest BCUT2D eigenvalue weighted by Gasteiger charge is 2.13. The molecule has 1 aromatic carbocycles. The molecule has 1 atom stereocenters. The lowest BCUT2D eigenvalue weighted by Gasteiger charge is -2.15. The summed E-state index contributed by atoms with van der Waals surface area (Å²) in [4.78, 5) is 11.7. The van der Waals surface area contributed by atoms with E-state index in [0.717, 1.165) is 0 Å². The molecule has 3 N–H and O–H groups in total. The molecule has 1 unspecified atom stereocenters. The molecule has 0 heterocycles. The fourth-order valence-electron chi connectivity index (χ4n) is 1.40. The van der Waals surface area contributed by atoms with Gasteiger partial charge in [-0.2, -0.15) is 0 Å². The fraction of sp³-hybridized carbons (Fsp3) is 0.462. The number of methoxy groups -OCH3 is 1. The Kier molecular flexibility index (Phi) is 5.09. The molecule has 0 saturated carbocycles. The average molecular weight is 254 g/mol. The smallest absolute Gasteiger partial charge is 0.225 e. The van der Waals surface area contributed by atoms with E-state index in [1.54, 1.807) is 0 Å². The van der Waals surface area contributed by atoms with Crippen LogP contribution in [0.1, 0.15) is 20.3 Å². The minimum atomic E-state index is -0.464. The van der Waals surface area contributed by atoms with Crippen LogP contribution >= 0.6 is 0 Å². The molecule has 1 aromatic rings. The number of rotatable bonds is 5. The highest BCUT2D eigenvalue weighted by Crippen LogP contribution is 2.21. The number of anilines is 1. The fourth-order valence-corrected chi connectivity index (χ4v) is 1.40. The van der Waals surface area contributed by atoms with E-state index in [4.69, 9.17) is 10.5 Å². The molecule has 0 fully saturated rings. The number of benzene rings is 1. The van der Waals surface area contributed by atoms with Gasteiger partial charge in [0, 0.05) is 24.2 Å². The molecule has 5 heteroatoms. The van der Waals surface area contributed by atoms with E-state index in [9.17, 15) is 9.18 Å². The Morgan fingerprint density at radius 1 is 1.50 bits per heavy atom. The topological polar surface area (TPSA) is 64.3 Å². The minimum absolute atomic E-state index is 0.0981. The standard InChI is InChI=1S/C13H19FN2O2/c1-8(2)11(15)7-13(17)16-9-4-5-10(14)12(6-9)18-3/h4-6,8,11H,7,15H2,1-3H3,(H,16,17). The second-order valence-electron chi connectivity index (χ2n) is 4.51. The van der Waals surface area contributed by atoms with E-state index in [2.05, 4.69) is 5.32 Å². The van der Waals surface area contributed by atoms with Gasteiger partial charge in [0.25, 0.3) is 0 Å². The lowest BCUT2D eigenvalue weighted by molar-refractivity contribution is -0.116. The maximum Gasteiger partial charge on any atom is 0.225 e. The molecule has 100 valence electrons. The van der Waals surface area contributed by atoms with Gasteiger partial charge in [-0.1, -0.05) is 13.8 Å². The number of ether oxygens (including phenoxy) is 1. The predicted octanol–water partition coefficient (Wildman–Crippen LogP) is 2.15. The van der Waals surface area contributed by atoms with Gasteiger partial charge < -0.3 is 15.8 Å². The van der Waals surface area contributed by atoms with Crippen molar-refractivity contribution in [3.8, 4) is 5.75 Å². The molecule has 0 spiro atoms. The van der Waals surface area contributed by atoms with Crippen LogP contribution in [0.3, 0.4) is 0 Å². The van der Waals surface area contributed by atoms with Crippen molar-refractivity contribution >= 4 is 11.6 Å². The second kappa shape index (κ2) is 6.35. The SMILES string of the molecule is COc1cc(NC(=O)CC(N)C(C)C)ccc1F. The van der Waals surface area contributed by atoms with Gasteiger partial charge in [0.15, 0.2) is 11.6 Å². The molecule has 0 aliphatic rings. The highest BCUT2D eigenvalue weighted by molar-refractivity contribution is 5.91. The molecule has 18 heavy (non-hydrogen) atoms. The Morgan fingerprint density at radius 3 is 2.72 bits per heavy atom. The van der Waals surface area contributed by atoms with E-state index < -0.39 is 5.82 Å². The first-order valence-electron chi connectivity index (χ1n) is 5.83. The Hall–Kier alpha value is -1.62. The van der Waals surface area contributed by atoms with Crippen molar-refractivity contribution < 1.29 is 13.9 Å². The van der Waals surface area contributed by atoms with Crippen LogP contribution in [0.2, 0.25) is 0 Å². The molecule has 0 saturated heterocycles. The first kappa shape index (κ1) is 14.4. The van der Waals surface area contributed by atoms with Crippen molar-refractivity contribution in [2.75, 3.05) is 12.4 Å². The number of carbonyl (C=O) groups excluding carboxylic acids is 1. The minimum Gasteiger partial charge on any atom is -0.494 e. The van der Waals surface area contributed by atoms with Crippen LogP contribution in [0.15, 0.2) is 18.2 Å². The number of nitrogens with two attached hydrogens (primary N) is 1. The van der Waals surface area contributed by atoms with E-state index in [0.29, 0.717) is 5.69 Å². The summed E-state index contributed by atoms with van der Waals surface area (Å²) in [6, 6.07) is 3.98. The quantitative estimate of drug-likeness (QED) is 0.846. The number of carbonyl (C=O) groups is 1. The molecule has 0 bridgehead atoms. The Labute approximate surface area is 106 Å². The van der Waals surface area contributed by atoms with Crippen molar-refractivity contribution in [3.63, 3.8) is 0 Å². The number of amides is 1. The maximum absolute atomic E-state index is 13.2. The van der Waals surface area contributed by atoms with Gasteiger partial charge >= 0.3 is 0 Å². The van der Waals surface area contributed by atoms with Crippen molar-refractivity contribution in [1.29, 1.82) is 0 Å². The second-order valence-corrected chi connectivity index (χ2v) is 4.51. The van der Waals surface area contributed by atoms with Gasteiger partial charge in [-0.15, -0.1) is 0 Å². The van der Waals surface area contributed by atoms with Crippen LogP contribution in [0.5, 0.6) is 5.75 Å². The summed E-state index contributed by atoms with van der Waals surface area (Å²) >= 11 is 0. The van der Waals surface area contributed by atoms with Crippen molar-refractivity contribution in [3.05, 3.63) is 24.0 Å². The highest BCUT2D eigenvalue weighted by atomic mass is 19.1. The number of hydrogen-bond acceptors (Lipinski definition) is 3. The summed E-state index contributed by atoms with van der Waals surface area (Å²) in [5.41, 5.74) is 6.30. The first-order valence-corrected chi connectivity index (χ1v) is 5.83. The van der Waals surface area contributed by atoms with Gasteiger partial charge in [0.05, 0.1) is 7.11 Å². The van der Waals surface area contributed by atoms with Crippen molar-refractivity contribution in [2.45, 2.75) is 26.3 Å². The van der Waals surface area contributed by atoms with Gasteiger partial charge in [-0.05, 0) is 18.1 Å². The Bertz CT molecular complexity index is 421. The van der Waals surface area contributed by atoms with Crippen LogP contribution in [0.25, 0.3) is 0 Å². The molecular formula is C13H19FN2O2. The number of halogens is 1. The lowest BCUT2D eigenvalue weighted by Crippen LogP contribution is -2.31. The van der Waals surface area contributed by atoms with Gasteiger partial charge in [-0.25, -0.2) is 4.39 Å². The molecule has 1 rings (SSSR count). The van der Waals surface area contributed by atoms with Gasteiger partial charge in [0.1, 0.15) is 0 Å². The normalized spacial score (nSPS) is 12.3. The largest absolute Gasteiger partial charge is 0.494 e. The number of nitrogens with one attached hydrogen (secondary N) is 1. The summed E-state index contributed by atoms with van der Waals surface area (Å²) < 4.78 is 18.0. The first-order chi connectivity index (χ1) is 8.43. The molecular weight excluding hydrogens is 235 g/mol. The van der Waals surface area contributed by atoms with E-state index >= 15 is 0 Å². The Morgan fingerprint density at radius 2 is 2.17 bits per heavy atom. The molecule has 0 radical (unpaired) electrons. The van der Waals surface area contributed by atoms with E-state index in [1.807, 2.05) is 13.8 Å². The third-order valence-corrected chi connectivity index (χ3v) is 2.71. The Balaban J connectivity index is 2.65. The third kappa shape index (κ3) is 4.00. The summed E-state index contributed by atoms with van der Waals surface area (Å²) in [5, 5.41) is 2.66. The summed E-state index contributed by atoms with van der Waals surface area (Å²) in [5.74, 6) is -0.321. The molecule has 0 aliphatic carbocycles. The van der Waals surface area contributed by atoms with Crippen LogP contribution in [-0.4, -0.2) is 19.1 Å². The predicted molar refractivity (Wildman–Crippen MR) is 69.0 cm³/mol. The zero-order valence-electron chi connectivity index (χ0n) is 10.9. The lowest BCUT2D eigenvalue weighted by atomic mass is 10.0. The molecule has 0 aliphatic heterocycles. The zero-order valence-corrected chi connectivity index (χ0v) is 10.9. The van der Waals surface area contributed by atoms with Crippen LogP contribution in [0.4, 0.5) is 10.1 Å². The monoisotopic (exact) mass is 254 g/mol. The van der Waals surface area contributed by atoms with Crippen LogP contribution in [0, 0.1) is 11.7 Å². The van der Waals surface area contributed by atoms with Crippen LogP contribution in [-0.2, 0) is 4.79 Å². The summed E-state index contributed by atoms with van der Waals surface area (Å²) in [6.07, 6.45) is 0.233. The molecule has 4 nitrogen and oxygen atoms in total. The molecule has 0 aromatic heterocycles. The van der Waals surface area contributed by atoms with Crippen molar-refractivity contribution in [2.24, 2.45) is 11.7 Å². The zero-order chi connectivity index (χ0) is 13.7. The average Bonchev–Trinajstić information content (AvgIpc) is 2.31. The van der Waals surface area contributed by atoms with Gasteiger partial charge in [0.2, 0.25) is 5.91 Å². The maximum atomic E-state index is 13.2.